The van der Waals surface area contributed by atoms with Crippen molar-refractivity contribution in [2.45, 2.75) is 25.4 Å². The van der Waals surface area contributed by atoms with E-state index < -0.39 is 11.4 Å². The molecule has 0 aromatic heterocycles. The molecule has 0 aliphatic heterocycles. The van der Waals surface area contributed by atoms with E-state index in [9.17, 15) is 4.21 Å². The van der Waals surface area contributed by atoms with Gasteiger partial charge >= 0.3 is 11.4 Å². The number of rotatable bonds is 2. The molecule has 14 heavy (non-hydrogen) atoms. The molecule has 1 aliphatic carbocycles. The first-order chi connectivity index (χ1) is 6.77. The normalized spacial score (nSPS) is 22.8. The van der Waals surface area contributed by atoms with Crippen LogP contribution < -0.4 is 0 Å². The Labute approximate surface area is 85.6 Å². The summed E-state index contributed by atoms with van der Waals surface area (Å²) in [5.41, 5.74) is 2.29. The number of hydrogen-bond acceptors (Lipinski definition) is 2. The lowest BCUT2D eigenvalue weighted by atomic mass is 9.90. The fraction of sp³-hybridized carbons (Fsp3) is 0.400. The van der Waals surface area contributed by atoms with Crippen molar-refractivity contribution in [2.24, 2.45) is 0 Å². The van der Waals surface area contributed by atoms with Crippen molar-refractivity contribution in [2.75, 3.05) is 0 Å². The molecule has 2 unspecified atom stereocenters. The minimum atomic E-state index is -2.17. The molecule has 3 nitrogen and oxygen atoms in total. The van der Waals surface area contributed by atoms with Gasteiger partial charge in [0.2, 0.25) is 0 Å². The smallest absolute Gasteiger partial charge is 0.284 e. The summed E-state index contributed by atoms with van der Waals surface area (Å²) >= 11 is -2.17. The van der Waals surface area contributed by atoms with Crippen LogP contribution in [0.2, 0.25) is 0 Å². The Morgan fingerprint density at radius 1 is 1.43 bits per heavy atom. The van der Waals surface area contributed by atoms with Crippen molar-refractivity contribution in [1.29, 1.82) is 0 Å². The summed E-state index contributed by atoms with van der Waals surface area (Å²) in [5, 5.41) is 0. The van der Waals surface area contributed by atoms with Crippen molar-refractivity contribution in [1.82, 2.24) is 0 Å². The second-order valence-electron chi connectivity index (χ2n) is 3.39. The summed E-state index contributed by atoms with van der Waals surface area (Å²) < 4.78 is 24.2. The van der Waals surface area contributed by atoms with Gasteiger partial charge in [-0.3, -0.25) is 8.74 Å². The predicted molar refractivity (Wildman–Crippen MR) is 54.0 cm³/mol. The molecule has 1 aromatic carbocycles. The molecular formula is C10H12O3S. The monoisotopic (exact) mass is 212 g/mol. The first kappa shape index (κ1) is 9.83. The molecule has 0 fully saturated rings. The van der Waals surface area contributed by atoms with Gasteiger partial charge in [0.05, 0.1) is 0 Å². The summed E-state index contributed by atoms with van der Waals surface area (Å²) in [4.78, 5) is 0. The van der Waals surface area contributed by atoms with Crippen LogP contribution in [-0.2, 0) is 22.0 Å². The van der Waals surface area contributed by atoms with E-state index in [4.69, 9.17) is 8.74 Å². The lowest BCUT2D eigenvalue weighted by molar-refractivity contribution is 0.186. The van der Waals surface area contributed by atoms with Crippen LogP contribution in [0.4, 0.5) is 0 Å². The van der Waals surface area contributed by atoms with Gasteiger partial charge in [-0.2, -0.15) is 4.21 Å². The number of hydrogen-bond donors (Lipinski definition) is 1. The van der Waals surface area contributed by atoms with Crippen LogP contribution in [0.1, 0.15) is 30.1 Å². The van der Waals surface area contributed by atoms with Crippen LogP contribution in [-0.4, -0.2) is 8.76 Å². The van der Waals surface area contributed by atoms with E-state index in [0.717, 1.165) is 24.8 Å². The lowest BCUT2D eigenvalue weighted by Crippen LogP contribution is -2.13. The summed E-state index contributed by atoms with van der Waals surface area (Å²) in [6.45, 7) is 0. The van der Waals surface area contributed by atoms with Crippen molar-refractivity contribution in [3.63, 3.8) is 0 Å². The SMILES string of the molecule is O=S(O)OC1CCCc2ccccc21. The molecule has 76 valence electrons. The largest absolute Gasteiger partial charge is 0.302 e. The molecule has 4 heteroatoms. The molecule has 1 aromatic rings. The average molecular weight is 212 g/mol. The van der Waals surface area contributed by atoms with Gasteiger partial charge < -0.3 is 0 Å². The molecular weight excluding hydrogens is 200 g/mol. The Hall–Kier alpha value is -0.710. The maximum absolute atomic E-state index is 10.6. The standard InChI is InChI=1S/C10H12O3S/c11-14(12)13-10-7-3-5-8-4-1-2-6-9(8)10/h1-2,4,6,10H,3,5,7H2,(H,11,12). The Balaban J connectivity index is 2.26. The Morgan fingerprint density at radius 2 is 2.21 bits per heavy atom. The first-order valence-corrected chi connectivity index (χ1v) is 5.66. The van der Waals surface area contributed by atoms with E-state index in [1.807, 2.05) is 24.3 Å². The zero-order valence-electron chi connectivity index (χ0n) is 7.68. The Kier molecular flexibility index (Phi) is 2.96. The minimum absolute atomic E-state index is 0.217. The number of fused-ring (bicyclic) bond motifs is 1. The van der Waals surface area contributed by atoms with Crippen molar-refractivity contribution in [3.8, 4) is 0 Å². The average Bonchev–Trinajstić information content (AvgIpc) is 2.18. The van der Waals surface area contributed by atoms with E-state index >= 15 is 0 Å². The minimum Gasteiger partial charge on any atom is -0.284 e. The van der Waals surface area contributed by atoms with E-state index in [0.29, 0.717) is 0 Å². The molecule has 1 N–H and O–H groups in total. The fourth-order valence-electron chi connectivity index (χ4n) is 1.91. The van der Waals surface area contributed by atoms with Gasteiger partial charge in [0, 0.05) is 0 Å². The molecule has 0 radical (unpaired) electrons. The molecule has 1 aliphatic rings. The van der Waals surface area contributed by atoms with Crippen molar-refractivity contribution in [3.05, 3.63) is 35.4 Å². The molecule has 2 rings (SSSR count). The van der Waals surface area contributed by atoms with Crippen molar-refractivity contribution < 1.29 is 12.9 Å². The van der Waals surface area contributed by atoms with Crippen LogP contribution in [0.5, 0.6) is 0 Å². The van der Waals surface area contributed by atoms with Crippen LogP contribution in [0.3, 0.4) is 0 Å². The molecule has 0 bridgehead atoms. The highest BCUT2D eigenvalue weighted by atomic mass is 32.2. The van der Waals surface area contributed by atoms with Gasteiger partial charge in [-0.15, -0.1) is 0 Å². The highest BCUT2D eigenvalue weighted by Gasteiger charge is 2.21. The second kappa shape index (κ2) is 4.21. The fourth-order valence-corrected chi connectivity index (χ4v) is 2.31. The molecule has 0 saturated carbocycles. The maximum Gasteiger partial charge on any atom is 0.302 e. The molecule has 0 amide bonds. The summed E-state index contributed by atoms with van der Waals surface area (Å²) in [5.74, 6) is 0. The van der Waals surface area contributed by atoms with E-state index in [1.54, 1.807) is 0 Å². The Morgan fingerprint density at radius 3 is 3.00 bits per heavy atom. The van der Waals surface area contributed by atoms with Gasteiger partial charge in [0.15, 0.2) is 0 Å². The predicted octanol–water partition coefficient (Wildman–Crippen LogP) is 2.22. The van der Waals surface area contributed by atoms with Crippen molar-refractivity contribution >= 4 is 11.4 Å². The number of aryl methyl sites for hydroxylation is 1. The maximum atomic E-state index is 10.6. The third-order valence-electron chi connectivity index (χ3n) is 2.51. The summed E-state index contributed by atoms with van der Waals surface area (Å²) in [6.07, 6.45) is 2.65. The van der Waals surface area contributed by atoms with E-state index in [1.165, 1.54) is 5.56 Å². The summed E-state index contributed by atoms with van der Waals surface area (Å²) in [6, 6.07) is 7.93. The topological polar surface area (TPSA) is 46.5 Å². The van der Waals surface area contributed by atoms with Gasteiger partial charge in [0.25, 0.3) is 0 Å². The second-order valence-corrected chi connectivity index (χ2v) is 4.02. The van der Waals surface area contributed by atoms with E-state index in [2.05, 4.69) is 0 Å². The van der Waals surface area contributed by atoms with Gasteiger partial charge in [0.1, 0.15) is 6.10 Å². The van der Waals surface area contributed by atoms with Crippen LogP contribution in [0, 0.1) is 0 Å². The third kappa shape index (κ3) is 2.03. The zero-order chi connectivity index (χ0) is 9.97. The highest BCUT2D eigenvalue weighted by molar-refractivity contribution is 7.74. The van der Waals surface area contributed by atoms with Crippen LogP contribution >= 0.6 is 0 Å². The quantitative estimate of drug-likeness (QED) is 0.764. The Bertz CT molecular complexity index is 351. The van der Waals surface area contributed by atoms with Gasteiger partial charge in [-0.05, 0) is 30.4 Å². The van der Waals surface area contributed by atoms with Crippen LogP contribution in [0.25, 0.3) is 0 Å². The first-order valence-electron chi connectivity index (χ1n) is 4.63. The molecule has 0 saturated heterocycles. The third-order valence-corrected chi connectivity index (χ3v) is 2.91. The highest BCUT2D eigenvalue weighted by Crippen LogP contribution is 2.32. The number of benzene rings is 1. The molecule has 2 atom stereocenters. The van der Waals surface area contributed by atoms with E-state index in [-0.39, 0.29) is 6.10 Å². The summed E-state index contributed by atoms with van der Waals surface area (Å²) in [7, 11) is 0. The zero-order valence-corrected chi connectivity index (χ0v) is 8.50. The van der Waals surface area contributed by atoms with Crippen LogP contribution in [0.15, 0.2) is 24.3 Å². The van der Waals surface area contributed by atoms with Gasteiger partial charge in [-0.1, -0.05) is 24.3 Å². The lowest BCUT2D eigenvalue weighted by Gasteiger charge is -2.23. The molecule has 0 spiro atoms. The molecule has 0 heterocycles. The van der Waals surface area contributed by atoms with Gasteiger partial charge in [-0.25, -0.2) is 0 Å².